The number of hydrogen-bond donors (Lipinski definition) is 2. The van der Waals surface area contributed by atoms with Crippen LogP contribution in [0.1, 0.15) is 10.4 Å². The number of nitrogens with two attached hydrogens (primary N) is 1. The molecule has 1 atom stereocenters. The summed E-state index contributed by atoms with van der Waals surface area (Å²) in [4.78, 5) is 21.5. The van der Waals surface area contributed by atoms with E-state index in [1.165, 1.54) is 12.1 Å². The lowest BCUT2D eigenvalue weighted by molar-refractivity contribution is -0.384. The molecule has 1 amide bonds. The Morgan fingerprint density at radius 2 is 2.30 bits per heavy atom. The highest BCUT2D eigenvalue weighted by Gasteiger charge is 2.19. The molecule has 2 rings (SSSR count). The Morgan fingerprint density at radius 1 is 1.50 bits per heavy atom. The van der Waals surface area contributed by atoms with Crippen molar-refractivity contribution in [1.29, 1.82) is 0 Å². The third kappa shape index (κ3) is 3.43. The van der Waals surface area contributed by atoms with Gasteiger partial charge >= 0.3 is 0 Å². The van der Waals surface area contributed by atoms with Crippen LogP contribution in [0.25, 0.3) is 0 Å². The zero-order valence-electron chi connectivity index (χ0n) is 10.7. The summed E-state index contributed by atoms with van der Waals surface area (Å²) in [7, 11) is 0. The monoisotopic (exact) mass is 281 g/mol. The van der Waals surface area contributed by atoms with Crippen molar-refractivity contribution < 1.29 is 19.2 Å². The molecule has 1 saturated heterocycles. The quantitative estimate of drug-likeness (QED) is 0.600. The summed E-state index contributed by atoms with van der Waals surface area (Å²) >= 11 is 0. The van der Waals surface area contributed by atoms with Crippen LogP contribution in [-0.4, -0.2) is 43.3 Å². The third-order valence-corrected chi connectivity index (χ3v) is 2.88. The smallest absolute Gasteiger partial charge is 0.293 e. The van der Waals surface area contributed by atoms with Gasteiger partial charge in [-0.2, -0.15) is 0 Å². The first-order valence-electron chi connectivity index (χ1n) is 6.09. The second-order valence-corrected chi connectivity index (χ2v) is 4.30. The molecule has 0 aromatic heterocycles. The van der Waals surface area contributed by atoms with Crippen molar-refractivity contribution in [3.63, 3.8) is 0 Å². The van der Waals surface area contributed by atoms with E-state index in [1.54, 1.807) is 0 Å². The van der Waals surface area contributed by atoms with Crippen LogP contribution in [0.2, 0.25) is 0 Å². The van der Waals surface area contributed by atoms with E-state index in [4.69, 9.17) is 15.2 Å². The van der Waals surface area contributed by atoms with Crippen molar-refractivity contribution in [2.75, 3.05) is 31.7 Å². The summed E-state index contributed by atoms with van der Waals surface area (Å²) in [6.07, 6.45) is -0.154. The van der Waals surface area contributed by atoms with Crippen molar-refractivity contribution in [2.24, 2.45) is 5.73 Å². The average Bonchev–Trinajstić information content (AvgIpc) is 2.45. The Morgan fingerprint density at radius 3 is 2.90 bits per heavy atom. The average molecular weight is 281 g/mol. The van der Waals surface area contributed by atoms with Gasteiger partial charge in [0.25, 0.3) is 5.69 Å². The molecule has 1 heterocycles. The fourth-order valence-corrected chi connectivity index (χ4v) is 1.86. The molecule has 108 valence electrons. The van der Waals surface area contributed by atoms with E-state index in [2.05, 4.69) is 5.32 Å². The Labute approximate surface area is 115 Å². The summed E-state index contributed by atoms with van der Waals surface area (Å²) in [6, 6.07) is 4.06. The van der Waals surface area contributed by atoms with Crippen LogP contribution in [0.3, 0.4) is 0 Å². The predicted molar refractivity (Wildman–Crippen MR) is 70.7 cm³/mol. The largest absolute Gasteiger partial charge is 0.377 e. The van der Waals surface area contributed by atoms with Crippen molar-refractivity contribution in [3.8, 4) is 0 Å². The standard InChI is InChI=1S/C12H15N3O5/c13-12(16)8-1-2-10(11(5-8)15(17)18)14-6-9-7-19-3-4-20-9/h1-2,5,9,14H,3-4,6-7H2,(H2,13,16)/t9-/m0/s1. The summed E-state index contributed by atoms with van der Waals surface area (Å²) in [5.74, 6) is -0.705. The van der Waals surface area contributed by atoms with Crippen molar-refractivity contribution in [2.45, 2.75) is 6.10 Å². The summed E-state index contributed by atoms with van der Waals surface area (Å²) in [6.45, 7) is 1.90. The first kappa shape index (κ1) is 14.2. The molecule has 20 heavy (non-hydrogen) atoms. The number of anilines is 1. The molecule has 0 spiro atoms. The van der Waals surface area contributed by atoms with Gasteiger partial charge < -0.3 is 20.5 Å². The van der Waals surface area contributed by atoms with E-state index in [-0.39, 0.29) is 17.4 Å². The highest BCUT2D eigenvalue weighted by atomic mass is 16.6. The number of nitrogens with one attached hydrogen (secondary N) is 1. The Balaban J connectivity index is 2.09. The number of benzene rings is 1. The molecule has 0 aliphatic carbocycles. The number of primary amides is 1. The maximum Gasteiger partial charge on any atom is 0.293 e. The van der Waals surface area contributed by atoms with Gasteiger partial charge in [-0.15, -0.1) is 0 Å². The van der Waals surface area contributed by atoms with Gasteiger partial charge in [0, 0.05) is 18.2 Å². The number of nitro groups is 1. The number of amides is 1. The van der Waals surface area contributed by atoms with Gasteiger partial charge in [0.2, 0.25) is 5.91 Å². The van der Waals surface area contributed by atoms with Crippen LogP contribution in [0.5, 0.6) is 0 Å². The Hall–Kier alpha value is -2.19. The Bertz CT molecular complexity index is 514. The minimum Gasteiger partial charge on any atom is -0.377 e. The minimum atomic E-state index is -0.705. The van der Waals surface area contributed by atoms with E-state index in [0.717, 1.165) is 6.07 Å². The van der Waals surface area contributed by atoms with Gasteiger partial charge in [0.15, 0.2) is 0 Å². The molecule has 1 fully saturated rings. The van der Waals surface area contributed by atoms with E-state index in [9.17, 15) is 14.9 Å². The van der Waals surface area contributed by atoms with Crippen LogP contribution in [-0.2, 0) is 9.47 Å². The van der Waals surface area contributed by atoms with Crippen LogP contribution in [0, 0.1) is 10.1 Å². The SMILES string of the molecule is NC(=O)c1ccc(NC[C@H]2COCCO2)c([N+](=O)[O-])c1. The lowest BCUT2D eigenvalue weighted by Gasteiger charge is -2.23. The molecule has 1 aromatic carbocycles. The lowest BCUT2D eigenvalue weighted by atomic mass is 10.1. The molecule has 1 aromatic rings. The van der Waals surface area contributed by atoms with Gasteiger partial charge in [-0.05, 0) is 12.1 Å². The van der Waals surface area contributed by atoms with Crippen molar-refractivity contribution >= 4 is 17.3 Å². The summed E-state index contributed by atoms with van der Waals surface area (Å²) in [5, 5.41) is 13.9. The number of carbonyl (C=O) groups excluding carboxylic acids is 1. The first-order chi connectivity index (χ1) is 9.58. The van der Waals surface area contributed by atoms with Crippen LogP contribution in [0.4, 0.5) is 11.4 Å². The second-order valence-electron chi connectivity index (χ2n) is 4.30. The van der Waals surface area contributed by atoms with E-state index in [1.807, 2.05) is 0 Å². The van der Waals surface area contributed by atoms with Gasteiger partial charge in [0.05, 0.1) is 30.8 Å². The van der Waals surface area contributed by atoms with E-state index in [0.29, 0.717) is 32.1 Å². The fourth-order valence-electron chi connectivity index (χ4n) is 1.86. The molecule has 8 heteroatoms. The molecule has 0 radical (unpaired) electrons. The zero-order chi connectivity index (χ0) is 14.5. The number of nitro benzene ring substituents is 1. The van der Waals surface area contributed by atoms with E-state index >= 15 is 0 Å². The third-order valence-electron chi connectivity index (χ3n) is 2.88. The molecule has 0 unspecified atom stereocenters. The minimum absolute atomic E-state index is 0.0968. The van der Waals surface area contributed by atoms with Crippen LogP contribution >= 0.6 is 0 Å². The van der Waals surface area contributed by atoms with Crippen molar-refractivity contribution in [1.82, 2.24) is 0 Å². The summed E-state index contributed by atoms with van der Waals surface area (Å²) in [5.41, 5.74) is 5.32. The Kier molecular flexibility index (Phi) is 4.49. The first-order valence-corrected chi connectivity index (χ1v) is 6.09. The number of carbonyl (C=O) groups is 1. The fraction of sp³-hybridized carbons (Fsp3) is 0.417. The highest BCUT2D eigenvalue weighted by Crippen LogP contribution is 2.25. The summed E-state index contributed by atoms with van der Waals surface area (Å²) < 4.78 is 10.7. The maximum absolute atomic E-state index is 11.0. The molecule has 1 aliphatic heterocycles. The van der Waals surface area contributed by atoms with Crippen molar-refractivity contribution in [3.05, 3.63) is 33.9 Å². The van der Waals surface area contributed by atoms with Crippen LogP contribution in [0.15, 0.2) is 18.2 Å². The van der Waals surface area contributed by atoms with Crippen LogP contribution < -0.4 is 11.1 Å². The number of rotatable bonds is 5. The van der Waals surface area contributed by atoms with E-state index < -0.39 is 10.8 Å². The lowest BCUT2D eigenvalue weighted by Crippen LogP contribution is -2.34. The molecule has 3 N–H and O–H groups in total. The number of ether oxygens (including phenoxy) is 2. The van der Waals surface area contributed by atoms with Gasteiger partial charge in [-0.25, -0.2) is 0 Å². The molecule has 0 bridgehead atoms. The maximum atomic E-state index is 11.0. The second kappa shape index (κ2) is 6.31. The highest BCUT2D eigenvalue weighted by molar-refractivity contribution is 5.94. The zero-order valence-corrected chi connectivity index (χ0v) is 10.7. The van der Waals surface area contributed by atoms with Gasteiger partial charge in [-0.3, -0.25) is 14.9 Å². The topological polar surface area (TPSA) is 117 Å². The molecular formula is C12H15N3O5. The normalized spacial score (nSPS) is 18.5. The molecule has 0 saturated carbocycles. The number of hydrogen-bond acceptors (Lipinski definition) is 6. The molecular weight excluding hydrogens is 266 g/mol. The molecule has 1 aliphatic rings. The van der Waals surface area contributed by atoms with Gasteiger partial charge in [0.1, 0.15) is 5.69 Å². The number of nitrogens with zero attached hydrogens (tertiary/aromatic N) is 1. The van der Waals surface area contributed by atoms with Gasteiger partial charge in [-0.1, -0.05) is 0 Å². The predicted octanol–water partition coefficient (Wildman–Crippen LogP) is 0.521. The molecule has 8 nitrogen and oxygen atoms in total.